The van der Waals surface area contributed by atoms with Crippen LogP contribution < -0.4 is 4.90 Å². The van der Waals surface area contributed by atoms with Gasteiger partial charge in [-0.05, 0) is 120 Å². The number of hydrogen-bond donors (Lipinski definition) is 0. The topological polar surface area (TPSA) is 8.17 Å². The minimum Gasteiger partial charge on any atom is -0.309 e. The highest BCUT2D eigenvalue weighted by molar-refractivity contribution is 6.13. The molecule has 1 aromatic heterocycles. The molecule has 0 amide bonds. The van der Waals surface area contributed by atoms with Crippen molar-refractivity contribution in [3.63, 3.8) is 0 Å². The summed E-state index contributed by atoms with van der Waals surface area (Å²) < 4.78 is 2.54. The van der Waals surface area contributed by atoms with Gasteiger partial charge in [-0.25, -0.2) is 0 Å². The molecule has 12 aromatic carbocycles. The van der Waals surface area contributed by atoms with Crippen LogP contribution in [0.25, 0.3) is 72.0 Å². The molecule has 0 N–H and O–H groups in total. The lowest BCUT2D eigenvalue weighted by Gasteiger charge is -2.40. The fourth-order valence-electron chi connectivity index (χ4n) is 14.2. The third-order valence-corrected chi connectivity index (χ3v) is 17.1. The molecule has 2 heterocycles. The van der Waals surface area contributed by atoms with Crippen LogP contribution in [-0.4, -0.2) is 4.57 Å². The van der Waals surface area contributed by atoms with Crippen LogP contribution in [0.15, 0.2) is 291 Å². The lowest BCUT2D eigenvalue weighted by atomic mass is 9.65. The summed E-state index contributed by atoms with van der Waals surface area (Å²) in [6.45, 7) is 0. The fourth-order valence-corrected chi connectivity index (χ4v) is 14.2. The quantitative estimate of drug-likeness (QED) is 0.155. The third-order valence-electron chi connectivity index (χ3n) is 17.1. The van der Waals surface area contributed by atoms with Crippen LogP contribution in [0.4, 0.5) is 17.1 Å². The molecule has 3 aliphatic rings. The van der Waals surface area contributed by atoms with E-state index in [9.17, 15) is 0 Å². The molecular formula is C74H48N2. The van der Waals surface area contributed by atoms with E-state index in [0.717, 1.165) is 28.2 Å². The summed E-state index contributed by atoms with van der Waals surface area (Å²) in [5.74, 6) is 0. The van der Waals surface area contributed by atoms with Crippen molar-refractivity contribution >= 4 is 38.9 Å². The Bertz CT molecular complexity index is 4430. The molecule has 2 aliphatic carbocycles. The SMILES string of the molecule is c1ccc(-c2cccc(-c3ccccc3N(c3ccc4c(c3)C3(c5ccccc5-4)c4ccccc4-n4c5ccccc5c5cccc3c54)c3cccc4c3-c3ccccc3C4(c3ccccc3)c3ccccc3)c2)cc1. The number of hydrogen-bond acceptors (Lipinski definition) is 1. The van der Waals surface area contributed by atoms with Crippen molar-refractivity contribution in [1.82, 2.24) is 4.57 Å². The van der Waals surface area contributed by atoms with Crippen LogP contribution in [0.3, 0.4) is 0 Å². The Labute approximate surface area is 442 Å². The van der Waals surface area contributed by atoms with Crippen LogP contribution in [0.2, 0.25) is 0 Å². The average Bonchev–Trinajstić information content (AvgIpc) is 4.32. The zero-order valence-electron chi connectivity index (χ0n) is 41.6. The number of anilines is 3. The van der Waals surface area contributed by atoms with Gasteiger partial charge in [0.1, 0.15) is 0 Å². The number of benzene rings is 12. The van der Waals surface area contributed by atoms with Gasteiger partial charge in [-0.3, -0.25) is 0 Å². The van der Waals surface area contributed by atoms with Gasteiger partial charge in [0.25, 0.3) is 0 Å². The Morgan fingerprint density at radius 1 is 0.289 bits per heavy atom. The summed E-state index contributed by atoms with van der Waals surface area (Å²) in [5, 5.41) is 2.54. The fraction of sp³-hybridized carbons (Fsp3) is 0.0270. The minimum absolute atomic E-state index is 0.577. The predicted molar refractivity (Wildman–Crippen MR) is 315 cm³/mol. The second kappa shape index (κ2) is 16.4. The van der Waals surface area contributed by atoms with Crippen molar-refractivity contribution in [1.29, 1.82) is 0 Å². The van der Waals surface area contributed by atoms with Gasteiger partial charge in [-0.15, -0.1) is 0 Å². The van der Waals surface area contributed by atoms with Crippen molar-refractivity contribution in [2.75, 3.05) is 4.90 Å². The molecule has 1 unspecified atom stereocenters. The van der Waals surface area contributed by atoms with Crippen LogP contribution in [0.1, 0.15) is 44.5 Å². The van der Waals surface area contributed by atoms with E-state index in [2.05, 4.69) is 301 Å². The Morgan fingerprint density at radius 2 is 0.816 bits per heavy atom. The molecule has 1 spiro atoms. The van der Waals surface area contributed by atoms with E-state index in [0.29, 0.717) is 0 Å². The monoisotopic (exact) mass is 964 g/mol. The van der Waals surface area contributed by atoms with Gasteiger partial charge >= 0.3 is 0 Å². The van der Waals surface area contributed by atoms with Crippen LogP contribution in [0.5, 0.6) is 0 Å². The summed E-state index contributed by atoms with van der Waals surface area (Å²) in [6, 6.07) is 109. The molecular weight excluding hydrogens is 917 g/mol. The Hall–Kier alpha value is -9.76. The molecule has 13 aromatic rings. The predicted octanol–water partition coefficient (Wildman–Crippen LogP) is 18.6. The van der Waals surface area contributed by atoms with Crippen molar-refractivity contribution in [2.24, 2.45) is 0 Å². The zero-order chi connectivity index (χ0) is 50.0. The third kappa shape index (κ3) is 5.70. The van der Waals surface area contributed by atoms with E-state index in [4.69, 9.17) is 0 Å². The first-order valence-electron chi connectivity index (χ1n) is 26.5. The van der Waals surface area contributed by atoms with E-state index in [1.54, 1.807) is 0 Å². The summed E-state index contributed by atoms with van der Waals surface area (Å²) >= 11 is 0. The van der Waals surface area contributed by atoms with Gasteiger partial charge in [-0.1, -0.05) is 249 Å². The number of fused-ring (bicyclic) bond motifs is 15. The number of nitrogens with zero attached hydrogens (tertiary/aromatic N) is 2. The first kappa shape index (κ1) is 42.7. The van der Waals surface area contributed by atoms with E-state index in [-0.39, 0.29) is 0 Å². The molecule has 354 valence electrons. The lowest BCUT2D eigenvalue weighted by Crippen LogP contribution is -2.33. The summed E-state index contributed by atoms with van der Waals surface area (Å²) in [5.41, 5.74) is 25.7. The van der Waals surface area contributed by atoms with Gasteiger partial charge in [0.2, 0.25) is 0 Å². The van der Waals surface area contributed by atoms with E-state index >= 15 is 0 Å². The molecule has 0 radical (unpaired) electrons. The van der Waals surface area contributed by atoms with Crippen molar-refractivity contribution in [3.05, 3.63) is 336 Å². The van der Waals surface area contributed by atoms with E-state index in [1.807, 2.05) is 0 Å². The van der Waals surface area contributed by atoms with E-state index in [1.165, 1.54) is 105 Å². The van der Waals surface area contributed by atoms with Gasteiger partial charge in [0.15, 0.2) is 0 Å². The molecule has 2 nitrogen and oxygen atoms in total. The normalized spacial score (nSPS) is 15.0. The molecule has 0 fully saturated rings. The molecule has 76 heavy (non-hydrogen) atoms. The lowest BCUT2D eigenvalue weighted by molar-refractivity contribution is 0.748. The zero-order valence-corrected chi connectivity index (χ0v) is 41.6. The molecule has 1 atom stereocenters. The highest BCUT2D eigenvalue weighted by atomic mass is 15.1. The molecule has 0 saturated carbocycles. The standard InChI is InChI=1S/C74H48N2/c1-4-23-49(24-5-1)50-25-20-26-51(47-50)55-31-12-17-41-67(55)75(70-44-22-39-64-71(70)60-34-11-15-37-62(60)73(64,52-27-6-2-7-28-52)53-29-8-3-9-30-53)54-45-46-57-56-32-10-14-36-61(56)74(66(57)48-54)63-38-16-19-43-69(63)76-68-42-18-13-33-58(68)59-35-21-40-65(74)72(59)76/h1-48H. The smallest absolute Gasteiger partial charge is 0.0755 e. The first-order chi connectivity index (χ1) is 37.7. The molecule has 16 rings (SSSR count). The minimum atomic E-state index is -0.626. The van der Waals surface area contributed by atoms with Gasteiger partial charge in [0, 0.05) is 27.6 Å². The highest BCUT2D eigenvalue weighted by Gasteiger charge is 2.52. The van der Waals surface area contributed by atoms with Crippen LogP contribution >= 0.6 is 0 Å². The Morgan fingerprint density at radius 3 is 1.61 bits per heavy atom. The van der Waals surface area contributed by atoms with Crippen LogP contribution in [-0.2, 0) is 10.8 Å². The van der Waals surface area contributed by atoms with Gasteiger partial charge < -0.3 is 9.47 Å². The van der Waals surface area contributed by atoms with Gasteiger partial charge in [0.05, 0.1) is 38.9 Å². The van der Waals surface area contributed by atoms with Crippen LogP contribution in [0, 0.1) is 0 Å². The maximum Gasteiger partial charge on any atom is 0.0755 e. The number of rotatable bonds is 7. The largest absolute Gasteiger partial charge is 0.309 e. The highest BCUT2D eigenvalue weighted by Crippen LogP contribution is 2.64. The average molecular weight is 965 g/mol. The molecule has 2 heteroatoms. The number of aromatic nitrogens is 1. The molecule has 0 bridgehead atoms. The van der Waals surface area contributed by atoms with Crippen molar-refractivity contribution in [3.8, 4) is 50.2 Å². The van der Waals surface area contributed by atoms with Gasteiger partial charge in [-0.2, -0.15) is 0 Å². The van der Waals surface area contributed by atoms with Crippen molar-refractivity contribution < 1.29 is 0 Å². The number of para-hydroxylation sites is 4. The maximum absolute atomic E-state index is 2.59. The second-order valence-corrected chi connectivity index (χ2v) is 20.6. The van der Waals surface area contributed by atoms with Crippen molar-refractivity contribution in [2.45, 2.75) is 10.8 Å². The first-order valence-corrected chi connectivity index (χ1v) is 26.5. The maximum atomic E-state index is 2.59. The second-order valence-electron chi connectivity index (χ2n) is 20.6. The van der Waals surface area contributed by atoms with E-state index < -0.39 is 10.8 Å². The summed E-state index contributed by atoms with van der Waals surface area (Å²) in [4.78, 5) is 2.59. The summed E-state index contributed by atoms with van der Waals surface area (Å²) in [6.07, 6.45) is 0. The summed E-state index contributed by atoms with van der Waals surface area (Å²) in [7, 11) is 0. The molecule has 1 aliphatic heterocycles. The Kier molecular flexibility index (Phi) is 9.20. The Balaban J connectivity index is 1.02. The molecule has 0 saturated heterocycles.